The molecule has 2 aromatic carbocycles. The molecule has 1 aliphatic heterocycles. The van der Waals surface area contributed by atoms with Crippen molar-refractivity contribution in [3.8, 4) is 0 Å². The summed E-state index contributed by atoms with van der Waals surface area (Å²) in [5, 5.41) is 2.79. The van der Waals surface area contributed by atoms with Crippen LogP contribution in [0.2, 0.25) is 0 Å². The van der Waals surface area contributed by atoms with E-state index in [2.05, 4.69) is 11.9 Å². The summed E-state index contributed by atoms with van der Waals surface area (Å²) in [6.07, 6.45) is 6.08. The van der Waals surface area contributed by atoms with Crippen molar-refractivity contribution >= 4 is 20.7 Å². The molecular weight excluding hydrogens is 406 g/mol. The van der Waals surface area contributed by atoms with Gasteiger partial charge in [-0.2, -0.15) is 0 Å². The van der Waals surface area contributed by atoms with Gasteiger partial charge in [-0.05, 0) is 55.3 Å². The van der Waals surface area contributed by atoms with Crippen LogP contribution in [0.3, 0.4) is 0 Å². The first-order chi connectivity index (χ1) is 14.4. The van der Waals surface area contributed by atoms with E-state index in [4.69, 9.17) is 0 Å². The Kier molecular flexibility index (Phi) is 5.75. The van der Waals surface area contributed by atoms with Gasteiger partial charge in [0.05, 0.1) is 10.4 Å². The first kappa shape index (κ1) is 20.8. The smallest absolute Gasteiger partial charge is 0.191 e. The fraction of sp³-hybridized carbons (Fsp3) is 0.304. The van der Waals surface area contributed by atoms with E-state index in [0.717, 1.165) is 25.8 Å². The second-order valence-electron chi connectivity index (χ2n) is 7.71. The molecule has 0 radical (unpaired) electrons. The maximum atomic E-state index is 14.0. The summed E-state index contributed by atoms with van der Waals surface area (Å²) in [5.41, 5.74) is 0.838. The van der Waals surface area contributed by atoms with Crippen LogP contribution < -0.4 is 5.32 Å². The number of nitrogens with zero attached hydrogens (tertiary/aromatic N) is 1. The zero-order chi connectivity index (χ0) is 21.3. The van der Waals surface area contributed by atoms with Crippen molar-refractivity contribution in [1.82, 2.24) is 9.88 Å². The third-order valence-corrected chi connectivity index (χ3v) is 7.74. The Morgan fingerprint density at radius 2 is 1.97 bits per heavy atom. The van der Waals surface area contributed by atoms with Crippen LogP contribution in [0.4, 0.5) is 8.78 Å². The van der Waals surface area contributed by atoms with E-state index >= 15 is 0 Å². The highest BCUT2D eigenvalue weighted by Gasteiger charge is 2.31. The second kappa shape index (κ2) is 8.32. The van der Waals surface area contributed by atoms with Gasteiger partial charge in [0.2, 0.25) is 0 Å². The van der Waals surface area contributed by atoms with Crippen molar-refractivity contribution in [1.29, 1.82) is 0 Å². The van der Waals surface area contributed by atoms with E-state index in [0.29, 0.717) is 23.0 Å². The molecule has 0 amide bonds. The standard InChI is InChI=1S/C23H24F2N2O2S/c1-2-22(16-6-5-7-17(24)12-16)30(28,29)23-15-27(14-19-8-3-4-11-26-19)21-13-18(25)9-10-20(21)23/h2,5-7,9-10,12-13,15,19,22,26H,1,3-4,8,11,14H2. The Bertz CT molecular complexity index is 1180. The molecule has 2 heterocycles. The molecule has 3 aromatic rings. The minimum absolute atomic E-state index is 0.0995. The maximum Gasteiger partial charge on any atom is 0.191 e. The van der Waals surface area contributed by atoms with Gasteiger partial charge < -0.3 is 9.88 Å². The fourth-order valence-electron chi connectivity index (χ4n) is 4.19. The Balaban J connectivity index is 1.81. The van der Waals surface area contributed by atoms with Gasteiger partial charge in [0.25, 0.3) is 0 Å². The van der Waals surface area contributed by atoms with E-state index in [9.17, 15) is 17.2 Å². The molecule has 1 saturated heterocycles. The van der Waals surface area contributed by atoms with Crippen LogP contribution >= 0.6 is 0 Å². The number of halogens is 2. The minimum Gasteiger partial charge on any atom is -0.344 e. The summed E-state index contributed by atoms with van der Waals surface area (Å²) < 4.78 is 56.7. The molecule has 2 atom stereocenters. The summed E-state index contributed by atoms with van der Waals surface area (Å²) >= 11 is 0. The van der Waals surface area contributed by atoms with Crippen molar-refractivity contribution in [3.05, 3.63) is 78.5 Å². The van der Waals surface area contributed by atoms with Crippen molar-refractivity contribution in [3.63, 3.8) is 0 Å². The highest BCUT2D eigenvalue weighted by atomic mass is 32.2. The number of benzene rings is 2. The molecule has 0 saturated carbocycles. The van der Waals surface area contributed by atoms with Gasteiger partial charge in [0, 0.05) is 24.2 Å². The van der Waals surface area contributed by atoms with E-state index in [1.807, 2.05) is 0 Å². The van der Waals surface area contributed by atoms with Gasteiger partial charge in [0.1, 0.15) is 16.9 Å². The Morgan fingerprint density at radius 1 is 1.17 bits per heavy atom. The van der Waals surface area contributed by atoms with Gasteiger partial charge >= 0.3 is 0 Å². The van der Waals surface area contributed by atoms with Crippen LogP contribution in [0.25, 0.3) is 10.9 Å². The molecule has 30 heavy (non-hydrogen) atoms. The van der Waals surface area contributed by atoms with Crippen LogP contribution in [0.5, 0.6) is 0 Å². The fourth-order valence-corrected chi connectivity index (χ4v) is 5.97. The van der Waals surface area contributed by atoms with Crippen molar-refractivity contribution in [2.24, 2.45) is 0 Å². The van der Waals surface area contributed by atoms with E-state index in [1.165, 1.54) is 42.5 Å². The molecule has 0 spiro atoms. The molecule has 1 fully saturated rings. The van der Waals surface area contributed by atoms with E-state index in [-0.39, 0.29) is 10.9 Å². The first-order valence-electron chi connectivity index (χ1n) is 10.0. The molecule has 0 bridgehead atoms. The summed E-state index contributed by atoms with van der Waals surface area (Å²) in [6.45, 7) is 5.14. The number of nitrogens with one attached hydrogen (secondary N) is 1. The van der Waals surface area contributed by atoms with Gasteiger partial charge in [-0.3, -0.25) is 0 Å². The van der Waals surface area contributed by atoms with Gasteiger partial charge in [-0.25, -0.2) is 17.2 Å². The topological polar surface area (TPSA) is 51.1 Å². The summed E-state index contributed by atoms with van der Waals surface area (Å²) in [7, 11) is -3.93. The number of fused-ring (bicyclic) bond motifs is 1. The molecule has 1 aromatic heterocycles. The Morgan fingerprint density at radius 3 is 2.67 bits per heavy atom. The van der Waals surface area contributed by atoms with Gasteiger partial charge in [-0.15, -0.1) is 6.58 Å². The largest absolute Gasteiger partial charge is 0.344 e. The third-order valence-electron chi connectivity index (χ3n) is 5.67. The lowest BCUT2D eigenvalue weighted by Crippen LogP contribution is -2.37. The molecule has 0 aliphatic carbocycles. The van der Waals surface area contributed by atoms with Crippen LogP contribution in [0, 0.1) is 11.6 Å². The molecule has 2 unspecified atom stereocenters. The molecule has 7 heteroatoms. The number of piperidine rings is 1. The zero-order valence-corrected chi connectivity index (χ0v) is 17.3. The minimum atomic E-state index is -3.93. The third kappa shape index (κ3) is 3.91. The monoisotopic (exact) mass is 430 g/mol. The molecule has 4 nitrogen and oxygen atoms in total. The average Bonchev–Trinajstić information content (AvgIpc) is 3.07. The summed E-state index contributed by atoms with van der Waals surface area (Å²) in [5.74, 6) is -0.935. The summed E-state index contributed by atoms with van der Waals surface area (Å²) in [6, 6.07) is 9.83. The number of hydrogen-bond acceptors (Lipinski definition) is 3. The number of aromatic nitrogens is 1. The molecular formula is C23H24F2N2O2S. The van der Waals surface area contributed by atoms with Crippen molar-refractivity contribution in [2.45, 2.75) is 42.0 Å². The lowest BCUT2D eigenvalue weighted by Gasteiger charge is -2.24. The molecule has 1 aliphatic rings. The predicted octanol–water partition coefficient (Wildman–Crippen LogP) is 4.76. The van der Waals surface area contributed by atoms with Crippen LogP contribution in [0.15, 0.2) is 66.2 Å². The second-order valence-corrected chi connectivity index (χ2v) is 9.75. The highest BCUT2D eigenvalue weighted by Crippen LogP contribution is 2.36. The zero-order valence-electron chi connectivity index (χ0n) is 16.5. The number of sulfone groups is 1. The van der Waals surface area contributed by atoms with Crippen molar-refractivity contribution < 1.29 is 17.2 Å². The lowest BCUT2D eigenvalue weighted by atomic mass is 10.1. The van der Waals surface area contributed by atoms with E-state index < -0.39 is 26.7 Å². The highest BCUT2D eigenvalue weighted by molar-refractivity contribution is 7.92. The Hall–Kier alpha value is -2.51. The molecule has 4 rings (SSSR count). The summed E-state index contributed by atoms with van der Waals surface area (Å²) in [4.78, 5) is 0.0995. The lowest BCUT2D eigenvalue weighted by molar-refractivity contribution is 0.366. The van der Waals surface area contributed by atoms with Crippen LogP contribution in [0.1, 0.15) is 30.1 Å². The van der Waals surface area contributed by atoms with Crippen molar-refractivity contribution in [2.75, 3.05) is 6.54 Å². The Labute approximate surface area is 175 Å². The molecule has 1 N–H and O–H groups in total. The van der Waals surface area contributed by atoms with Gasteiger partial charge in [-0.1, -0.05) is 24.6 Å². The van der Waals surface area contributed by atoms with Gasteiger partial charge in [0.15, 0.2) is 9.84 Å². The maximum absolute atomic E-state index is 14.0. The normalized spacial score (nSPS) is 18.4. The van der Waals surface area contributed by atoms with Crippen LogP contribution in [-0.2, 0) is 16.4 Å². The van der Waals surface area contributed by atoms with Crippen LogP contribution in [-0.4, -0.2) is 25.6 Å². The molecule has 158 valence electrons. The predicted molar refractivity (Wildman–Crippen MR) is 114 cm³/mol. The SMILES string of the molecule is C=CC(c1cccc(F)c1)S(=O)(=O)c1cn(CC2CCCCN2)c2cc(F)ccc12. The average molecular weight is 431 g/mol. The van der Waals surface area contributed by atoms with E-state index in [1.54, 1.807) is 16.8 Å². The number of rotatable bonds is 6. The first-order valence-corrected chi connectivity index (χ1v) is 11.6. The number of hydrogen-bond donors (Lipinski definition) is 1. The quantitative estimate of drug-likeness (QED) is 0.574.